The van der Waals surface area contributed by atoms with Gasteiger partial charge in [0.05, 0.1) is 0 Å². The molecule has 0 aromatic heterocycles. The molecule has 0 spiro atoms. The van der Waals surface area contributed by atoms with Crippen molar-refractivity contribution < 1.29 is 28.6 Å². The lowest BCUT2D eigenvalue weighted by Gasteiger charge is -2.18. The van der Waals surface area contributed by atoms with Crippen LogP contribution in [0.4, 0.5) is 0 Å². The van der Waals surface area contributed by atoms with Crippen molar-refractivity contribution in [1.82, 2.24) is 0 Å². The Hall–Kier alpha value is -2.63. The molecular weight excluding hydrogens is 781 g/mol. The van der Waals surface area contributed by atoms with E-state index in [4.69, 9.17) is 14.2 Å². The number of unbranched alkanes of at least 4 members (excludes halogenated alkanes) is 30. The van der Waals surface area contributed by atoms with Crippen LogP contribution >= 0.6 is 0 Å². The second-order valence-corrected chi connectivity index (χ2v) is 18.1. The Morgan fingerprint density at radius 1 is 0.317 bits per heavy atom. The van der Waals surface area contributed by atoms with E-state index in [-0.39, 0.29) is 31.1 Å². The highest BCUT2D eigenvalue weighted by molar-refractivity contribution is 5.71. The van der Waals surface area contributed by atoms with Crippen LogP contribution in [0.2, 0.25) is 0 Å². The third kappa shape index (κ3) is 50.2. The fraction of sp³-hybridized carbons (Fsp3) is 0.807. The Kier molecular flexibility index (Phi) is 49.8. The predicted octanol–water partition coefficient (Wildman–Crippen LogP) is 17.9. The van der Waals surface area contributed by atoms with Crippen molar-refractivity contribution in [2.45, 2.75) is 284 Å². The largest absolute Gasteiger partial charge is 0.462 e. The lowest BCUT2D eigenvalue weighted by atomic mass is 10.1. The Labute approximate surface area is 390 Å². The number of hydrogen-bond donors (Lipinski definition) is 0. The highest BCUT2D eigenvalue weighted by atomic mass is 16.6. The summed E-state index contributed by atoms with van der Waals surface area (Å²) in [5.41, 5.74) is 0. The van der Waals surface area contributed by atoms with Crippen LogP contribution in [-0.4, -0.2) is 37.2 Å². The Morgan fingerprint density at radius 2 is 0.571 bits per heavy atom. The van der Waals surface area contributed by atoms with Crippen LogP contribution in [0.5, 0.6) is 0 Å². The first-order valence-electron chi connectivity index (χ1n) is 27.1. The van der Waals surface area contributed by atoms with Crippen molar-refractivity contribution >= 4 is 17.9 Å². The molecule has 0 aliphatic heterocycles. The minimum absolute atomic E-state index is 0.0817. The van der Waals surface area contributed by atoms with Crippen molar-refractivity contribution in [2.75, 3.05) is 13.2 Å². The van der Waals surface area contributed by atoms with Gasteiger partial charge in [-0.15, -0.1) is 0 Å². The molecule has 63 heavy (non-hydrogen) atoms. The first kappa shape index (κ1) is 60.4. The van der Waals surface area contributed by atoms with Crippen LogP contribution in [0.25, 0.3) is 0 Å². The van der Waals surface area contributed by atoms with Crippen LogP contribution < -0.4 is 0 Å². The van der Waals surface area contributed by atoms with Crippen LogP contribution in [0, 0.1) is 0 Å². The molecule has 0 rings (SSSR count). The van der Waals surface area contributed by atoms with Gasteiger partial charge in [0.25, 0.3) is 0 Å². The maximum atomic E-state index is 12.8. The van der Waals surface area contributed by atoms with Gasteiger partial charge in [-0.25, -0.2) is 0 Å². The second-order valence-electron chi connectivity index (χ2n) is 18.1. The molecule has 0 aromatic carbocycles. The number of hydrogen-bond acceptors (Lipinski definition) is 6. The molecular formula is C57H102O6. The molecule has 366 valence electrons. The zero-order valence-electron chi connectivity index (χ0n) is 41.8. The van der Waals surface area contributed by atoms with Crippen LogP contribution in [-0.2, 0) is 28.6 Å². The number of carbonyl (C=O) groups is 3. The van der Waals surface area contributed by atoms with E-state index in [0.29, 0.717) is 19.3 Å². The molecule has 6 nitrogen and oxygen atoms in total. The van der Waals surface area contributed by atoms with Crippen molar-refractivity contribution in [3.05, 3.63) is 48.6 Å². The average molecular weight is 883 g/mol. The number of esters is 3. The molecule has 0 unspecified atom stereocenters. The first-order chi connectivity index (χ1) is 31.0. The highest BCUT2D eigenvalue weighted by Gasteiger charge is 2.19. The van der Waals surface area contributed by atoms with E-state index in [9.17, 15) is 14.4 Å². The summed E-state index contributed by atoms with van der Waals surface area (Å²) in [6, 6.07) is 0. The molecule has 0 aromatic rings. The van der Waals surface area contributed by atoms with Gasteiger partial charge in [-0.1, -0.05) is 223 Å². The van der Waals surface area contributed by atoms with Gasteiger partial charge in [0.2, 0.25) is 0 Å². The molecule has 0 N–H and O–H groups in total. The molecule has 0 heterocycles. The summed E-state index contributed by atoms with van der Waals surface area (Å²) < 4.78 is 16.8. The SMILES string of the molecule is CCCCC/C=C\C/C=C\C/C=C\CCCCCCC(=O)O[C@@H](COC(=O)CCCCCCCCC/C=C\CCCCCCCCCC)COC(=O)CCCCCCCCCCC. The summed E-state index contributed by atoms with van der Waals surface area (Å²) in [5.74, 6) is -0.902. The van der Waals surface area contributed by atoms with E-state index in [1.807, 2.05) is 0 Å². The number of ether oxygens (including phenoxy) is 3. The molecule has 0 aliphatic carbocycles. The normalized spacial score (nSPS) is 12.4. The lowest BCUT2D eigenvalue weighted by molar-refractivity contribution is -0.167. The molecule has 0 radical (unpaired) electrons. The smallest absolute Gasteiger partial charge is 0.306 e. The Bertz CT molecular complexity index is 1110. The lowest BCUT2D eigenvalue weighted by Crippen LogP contribution is -2.30. The standard InChI is InChI=1S/C57H102O6/c1-4-7-10-13-16-19-21-23-25-27-28-30-31-33-35-38-41-44-47-50-56(59)62-53-54(52-61-55(58)49-46-43-40-37-18-15-12-9-6-3)63-57(60)51-48-45-42-39-36-34-32-29-26-24-22-20-17-14-11-8-5-2/h17,20,24,26-28,32,34,54H,4-16,18-19,21-23,25,29-31,33,35-53H2,1-3H3/b20-17-,26-24-,28-27-,34-32-/t54-/m1/s1. The summed E-state index contributed by atoms with van der Waals surface area (Å²) >= 11 is 0. The molecule has 1 atom stereocenters. The summed E-state index contributed by atoms with van der Waals surface area (Å²) in [7, 11) is 0. The zero-order valence-corrected chi connectivity index (χ0v) is 41.8. The number of rotatable bonds is 49. The molecule has 0 fully saturated rings. The number of carbonyl (C=O) groups excluding carboxylic acids is 3. The van der Waals surface area contributed by atoms with Gasteiger partial charge in [0.1, 0.15) is 13.2 Å². The third-order valence-corrected chi connectivity index (χ3v) is 11.8. The quantitative estimate of drug-likeness (QED) is 0.0262. The summed E-state index contributed by atoms with van der Waals surface area (Å²) in [6.45, 7) is 6.59. The summed E-state index contributed by atoms with van der Waals surface area (Å²) in [6.07, 6.45) is 62.4. The Balaban J connectivity index is 4.33. The Morgan fingerprint density at radius 3 is 0.937 bits per heavy atom. The maximum Gasteiger partial charge on any atom is 0.306 e. The van der Waals surface area contributed by atoms with E-state index >= 15 is 0 Å². The molecule has 0 saturated carbocycles. The van der Waals surface area contributed by atoms with Crippen molar-refractivity contribution in [3.8, 4) is 0 Å². The molecule has 6 heteroatoms. The third-order valence-electron chi connectivity index (χ3n) is 11.8. The second kappa shape index (κ2) is 52.0. The maximum absolute atomic E-state index is 12.8. The monoisotopic (exact) mass is 883 g/mol. The van der Waals surface area contributed by atoms with E-state index in [1.165, 1.54) is 154 Å². The minimum Gasteiger partial charge on any atom is -0.462 e. The van der Waals surface area contributed by atoms with Gasteiger partial charge >= 0.3 is 17.9 Å². The average Bonchev–Trinajstić information content (AvgIpc) is 3.28. The number of allylic oxidation sites excluding steroid dienone is 8. The first-order valence-corrected chi connectivity index (χ1v) is 27.1. The van der Waals surface area contributed by atoms with E-state index < -0.39 is 6.10 Å². The molecule has 0 bridgehead atoms. The fourth-order valence-electron chi connectivity index (χ4n) is 7.68. The van der Waals surface area contributed by atoms with Crippen molar-refractivity contribution in [1.29, 1.82) is 0 Å². The summed E-state index contributed by atoms with van der Waals surface area (Å²) in [4.78, 5) is 37.9. The van der Waals surface area contributed by atoms with Gasteiger partial charge in [0.15, 0.2) is 6.10 Å². The zero-order chi connectivity index (χ0) is 45.8. The van der Waals surface area contributed by atoms with E-state index in [1.54, 1.807) is 0 Å². The van der Waals surface area contributed by atoms with Crippen molar-refractivity contribution in [2.24, 2.45) is 0 Å². The minimum atomic E-state index is -0.783. The topological polar surface area (TPSA) is 78.9 Å². The van der Waals surface area contributed by atoms with Crippen molar-refractivity contribution in [3.63, 3.8) is 0 Å². The fourth-order valence-corrected chi connectivity index (χ4v) is 7.68. The predicted molar refractivity (Wildman–Crippen MR) is 270 cm³/mol. The molecule has 0 amide bonds. The van der Waals surface area contributed by atoms with Crippen LogP contribution in [0.1, 0.15) is 278 Å². The van der Waals surface area contributed by atoms with Gasteiger partial charge < -0.3 is 14.2 Å². The van der Waals surface area contributed by atoms with Gasteiger partial charge in [-0.2, -0.15) is 0 Å². The van der Waals surface area contributed by atoms with Gasteiger partial charge in [-0.3, -0.25) is 14.4 Å². The van der Waals surface area contributed by atoms with Gasteiger partial charge in [-0.05, 0) is 83.5 Å². The summed E-state index contributed by atoms with van der Waals surface area (Å²) in [5, 5.41) is 0. The van der Waals surface area contributed by atoms with E-state index in [2.05, 4.69) is 69.4 Å². The molecule has 0 aliphatic rings. The van der Waals surface area contributed by atoms with E-state index in [0.717, 1.165) is 83.5 Å². The molecule has 0 saturated heterocycles. The van der Waals surface area contributed by atoms with Gasteiger partial charge in [0, 0.05) is 19.3 Å². The highest BCUT2D eigenvalue weighted by Crippen LogP contribution is 2.15. The van der Waals surface area contributed by atoms with Crippen LogP contribution in [0.15, 0.2) is 48.6 Å². The van der Waals surface area contributed by atoms with Crippen LogP contribution in [0.3, 0.4) is 0 Å².